The summed E-state index contributed by atoms with van der Waals surface area (Å²) in [4.78, 5) is 4.69. The lowest BCUT2D eigenvalue weighted by molar-refractivity contribution is 0.309. The molecule has 27 heavy (non-hydrogen) atoms. The molecule has 0 saturated heterocycles. The van der Waals surface area contributed by atoms with Crippen molar-refractivity contribution >= 4 is 32.6 Å². The van der Waals surface area contributed by atoms with Crippen LogP contribution in [0, 0.1) is 12.7 Å². The molecule has 0 amide bonds. The number of fused-ring (bicyclic) bond motifs is 3. The van der Waals surface area contributed by atoms with E-state index in [1.54, 1.807) is 18.5 Å². The van der Waals surface area contributed by atoms with E-state index in [2.05, 4.69) is 38.0 Å². The second kappa shape index (κ2) is 7.23. The van der Waals surface area contributed by atoms with Gasteiger partial charge in [-0.1, -0.05) is 29.3 Å². The van der Waals surface area contributed by atoms with Crippen LogP contribution in [-0.2, 0) is 0 Å². The van der Waals surface area contributed by atoms with Crippen LogP contribution in [0.3, 0.4) is 0 Å². The van der Waals surface area contributed by atoms with E-state index in [0.29, 0.717) is 34.6 Å². The summed E-state index contributed by atoms with van der Waals surface area (Å²) in [5.41, 5.74) is 4.06. The van der Waals surface area contributed by atoms with Crippen molar-refractivity contribution in [1.82, 2.24) is 19.6 Å². The van der Waals surface area contributed by atoms with Gasteiger partial charge in [0.15, 0.2) is 5.65 Å². The first-order chi connectivity index (χ1) is 13.1. The topological polar surface area (TPSA) is 52.3 Å². The van der Waals surface area contributed by atoms with Crippen LogP contribution in [0.4, 0.5) is 4.39 Å². The number of hydrogen-bond acceptors (Lipinski definition) is 4. The van der Waals surface area contributed by atoms with Gasteiger partial charge >= 0.3 is 0 Å². The Morgan fingerprint density at radius 3 is 2.85 bits per heavy atom. The number of ether oxygens (including phenoxy) is 1. The lowest BCUT2D eigenvalue weighted by Crippen LogP contribution is -1.99. The number of unbranched alkanes of at least 4 members (excludes halogenated alkanes) is 1. The molecule has 0 spiro atoms. The minimum atomic E-state index is -0.319. The maximum atomic E-state index is 14.7. The first-order valence-corrected chi connectivity index (χ1v) is 9.60. The molecule has 0 aliphatic heterocycles. The molecule has 4 rings (SSSR count). The molecule has 0 saturated carbocycles. The van der Waals surface area contributed by atoms with Crippen molar-refractivity contribution in [1.29, 1.82) is 0 Å². The van der Waals surface area contributed by atoms with Crippen LogP contribution < -0.4 is 4.74 Å². The highest BCUT2D eigenvalue weighted by atomic mass is 79.9. The first kappa shape index (κ1) is 17.9. The molecule has 7 heteroatoms. The van der Waals surface area contributed by atoms with Gasteiger partial charge in [0.1, 0.15) is 17.9 Å². The number of aryl methyl sites for hydroxylation is 1. The Morgan fingerprint density at radius 1 is 1.19 bits per heavy atom. The van der Waals surface area contributed by atoms with Crippen LogP contribution in [-0.4, -0.2) is 26.2 Å². The van der Waals surface area contributed by atoms with E-state index in [0.717, 1.165) is 28.5 Å². The van der Waals surface area contributed by atoms with E-state index in [4.69, 9.17) is 4.74 Å². The Hall–Kier alpha value is -2.54. The molecular formula is C20H18BrFN4O. The molecule has 0 N–H and O–H groups in total. The molecule has 0 atom stereocenters. The molecule has 138 valence electrons. The van der Waals surface area contributed by atoms with Gasteiger partial charge in [0.25, 0.3) is 0 Å². The SMILES string of the molecule is CCCCOc1ccc(F)c(-c2cc(Br)cc3c2nc(C)c2nncn23)c1. The van der Waals surface area contributed by atoms with Crippen LogP contribution in [0.15, 0.2) is 41.1 Å². The predicted octanol–water partition coefficient (Wildman–Crippen LogP) is 5.33. The molecule has 2 aromatic carbocycles. The summed E-state index contributed by atoms with van der Waals surface area (Å²) in [6.45, 7) is 4.59. The van der Waals surface area contributed by atoms with E-state index < -0.39 is 0 Å². The van der Waals surface area contributed by atoms with Gasteiger partial charge in [-0.15, -0.1) is 10.2 Å². The summed E-state index contributed by atoms with van der Waals surface area (Å²) >= 11 is 3.53. The molecule has 4 aromatic rings. The van der Waals surface area contributed by atoms with Crippen LogP contribution in [0.1, 0.15) is 25.5 Å². The minimum Gasteiger partial charge on any atom is -0.494 e. The van der Waals surface area contributed by atoms with Gasteiger partial charge in [-0.3, -0.25) is 4.40 Å². The molecule has 0 aliphatic carbocycles. The lowest BCUT2D eigenvalue weighted by atomic mass is 10.0. The van der Waals surface area contributed by atoms with Crippen molar-refractivity contribution in [2.24, 2.45) is 0 Å². The third-order valence-corrected chi connectivity index (χ3v) is 4.92. The minimum absolute atomic E-state index is 0.319. The second-order valence-electron chi connectivity index (χ2n) is 6.39. The fourth-order valence-corrected chi connectivity index (χ4v) is 3.55. The van der Waals surface area contributed by atoms with Crippen molar-refractivity contribution in [3.05, 3.63) is 52.6 Å². The van der Waals surface area contributed by atoms with Gasteiger partial charge in [0.05, 0.1) is 23.3 Å². The van der Waals surface area contributed by atoms with Gasteiger partial charge in [-0.2, -0.15) is 0 Å². The molecule has 0 bridgehead atoms. The first-order valence-electron chi connectivity index (χ1n) is 8.81. The quantitative estimate of drug-likeness (QED) is 0.403. The standard InChI is InChI=1S/C20H18BrFN4O/c1-3-4-7-27-14-5-6-17(22)15(10-14)16-8-13(21)9-18-19(16)24-12(2)20-25-23-11-26(18)20/h5-6,8-11H,3-4,7H2,1-2H3. The van der Waals surface area contributed by atoms with Crippen LogP contribution in [0.5, 0.6) is 5.75 Å². The summed E-state index contributed by atoms with van der Waals surface area (Å²) < 4.78 is 23.2. The Labute approximate surface area is 164 Å². The van der Waals surface area contributed by atoms with Crippen LogP contribution in [0.25, 0.3) is 27.8 Å². The van der Waals surface area contributed by atoms with E-state index in [1.165, 1.54) is 6.07 Å². The zero-order valence-electron chi connectivity index (χ0n) is 15.0. The average molecular weight is 429 g/mol. The van der Waals surface area contributed by atoms with Crippen molar-refractivity contribution in [3.8, 4) is 16.9 Å². The second-order valence-corrected chi connectivity index (χ2v) is 7.30. The monoisotopic (exact) mass is 428 g/mol. The molecule has 5 nitrogen and oxygen atoms in total. The van der Waals surface area contributed by atoms with Gasteiger partial charge < -0.3 is 4.74 Å². The van der Waals surface area contributed by atoms with Crippen LogP contribution >= 0.6 is 15.9 Å². The molecule has 0 unspecified atom stereocenters. The molecule has 2 heterocycles. The van der Waals surface area contributed by atoms with Crippen molar-refractivity contribution in [3.63, 3.8) is 0 Å². The average Bonchev–Trinajstić information content (AvgIpc) is 3.14. The normalized spacial score (nSPS) is 11.4. The lowest BCUT2D eigenvalue weighted by Gasteiger charge is -2.13. The largest absolute Gasteiger partial charge is 0.494 e. The van der Waals surface area contributed by atoms with Crippen molar-refractivity contribution in [2.75, 3.05) is 6.61 Å². The van der Waals surface area contributed by atoms with E-state index in [1.807, 2.05) is 23.5 Å². The van der Waals surface area contributed by atoms with Crippen LogP contribution in [0.2, 0.25) is 0 Å². The maximum absolute atomic E-state index is 14.7. The van der Waals surface area contributed by atoms with E-state index >= 15 is 0 Å². The smallest absolute Gasteiger partial charge is 0.182 e. The Morgan fingerprint density at radius 2 is 2.04 bits per heavy atom. The summed E-state index contributed by atoms with van der Waals surface area (Å²) in [5.74, 6) is 0.329. The highest BCUT2D eigenvalue weighted by Crippen LogP contribution is 2.35. The highest BCUT2D eigenvalue weighted by Gasteiger charge is 2.16. The maximum Gasteiger partial charge on any atom is 0.182 e. The zero-order valence-corrected chi connectivity index (χ0v) is 16.6. The Balaban J connectivity index is 1.93. The fourth-order valence-electron chi connectivity index (χ4n) is 3.10. The number of halogens is 2. The highest BCUT2D eigenvalue weighted by molar-refractivity contribution is 9.10. The molecule has 0 aliphatic rings. The molecular weight excluding hydrogens is 411 g/mol. The zero-order chi connectivity index (χ0) is 19.0. The summed E-state index contributed by atoms with van der Waals surface area (Å²) in [5, 5.41) is 8.10. The third kappa shape index (κ3) is 3.27. The van der Waals surface area contributed by atoms with E-state index in [-0.39, 0.29) is 5.82 Å². The number of benzene rings is 2. The van der Waals surface area contributed by atoms with Gasteiger partial charge in [-0.05, 0) is 43.7 Å². The Kier molecular flexibility index (Phi) is 4.78. The van der Waals surface area contributed by atoms with Gasteiger partial charge in [0, 0.05) is 15.6 Å². The predicted molar refractivity (Wildman–Crippen MR) is 107 cm³/mol. The number of rotatable bonds is 5. The van der Waals surface area contributed by atoms with Gasteiger partial charge in [0.2, 0.25) is 0 Å². The summed E-state index contributed by atoms with van der Waals surface area (Å²) in [7, 11) is 0. The number of aromatic nitrogens is 4. The summed E-state index contributed by atoms with van der Waals surface area (Å²) in [6.07, 6.45) is 3.64. The third-order valence-electron chi connectivity index (χ3n) is 4.46. The number of nitrogens with zero attached hydrogens (tertiary/aromatic N) is 4. The molecule has 0 radical (unpaired) electrons. The van der Waals surface area contributed by atoms with Crippen molar-refractivity contribution < 1.29 is 9.13 Å². The van der Waals surface area contributed by atoms with Gasteiger partial charge in [-0.25, -0.2) is 9.37 Å². The molecule has 0 fully saturated rings. The van der Waals surface area contributed by atoms with Crippen molar-refractivity contribution in [2.45, 2.75) is 26.7 Å². The fraction of sp³-hybridized carbons (Fsp3) is 0.250. The summed E-state index contributed by atoms with van der Waals surface area (Å²) in [6, 6.07) is 8.64. The number of hydrogen-bond donors (Lipinski definition) is 0. The molecule has 2 aromatic heterocycles. The Bertz CT molecular complexity index is 1140. The van der Waals surface area contributed by atoms with E-state index in [9.17, 15) is 4.39 Å².